The molecule has 0 saturated carbocycles. The smallest absolute Gasteiger partial charge is 0.422 e. The first-order chi connectivity index (χ1) is 9.00. The fourth-order valence-electron chi connectivity index (χ4n) is 1.81. The Morgan fingerprint density at radius 2 is 1.95 bits per heavy atom. The molecule has 0 aromatic carbocycles. The molecule has 0 aromatic rings. The lowest BCUT2D eigenvalue weighted by atomic mass is 9.95. The van der Waals surface area contributed by atoms with Gasteiger partial charge in [-0.3, -0.25) is 0 Å². The molecule has 20 heavy (non-hydrogen) atoms. The summed E-state index contributed by atoms with van der Waals surface area (Å²) in [5, 5.41) is 12.5. The number of urea groups is 1. The Morgan fingerprint density at radius 3 is 2.35 bits per heavy atom. The molecule has 1 aliphatic rings. The number of carboxylic acids is 1. The molecule has 1 rings (SSSR count). The Morgan fingerprint density at radius 1 is 1.35 bits per heavy atom. The monoisotopic (exact) mass is 298 g/mol. The Bertz CT molecular complexity index is 394. The molecule has 2 amide bonds. The molecule has 0 aliphatic carbocycles. The molecule has 1 fully saturated rings. The van der Waals surface area contributed by atoms with E-state index < -0.39 is 29.3 Å². The summed E-state index contributed by atoms with van der Waals surface area (Å²) in [6.45, 7) is 2.70. The Balaban J connectivity index is 2.75. The van der Waals surface area contributed by atoms with Crippen molar-refractivity contribution in [3.63, 3.8) is 0 Å². The van der Waals surface area contributed by atoms with Gasteiger partial charge in [-0.25, -0.2) is 9.59 Å². The standard InChI is InChI=1S/C11H17F3N2O4/c1-9(4-3-5-20-6-9)15-8(19)16-10(2,7(17)18)11(12,13)14/h3-6H2,1-2H3,(H,17,18)(H2,15,16,19). The fraction of sp³-hybridized carbons (Fsp3) is 0.818. The second-order valence-electron chi connectivity index (χ2n) is 5.22. The van der Waals surface area contributed by atoms with Crippen LogP contribution in [0.3, 0.4) is 0 Å². The van der Waals surface area contributed by atoms with Gasteiger partial charge in [-0.15, -0.1) is 0 Å². The van der Waals surface area contributed by atoms with Gasteiger partial charge < -0.3 is 20.5 Å². The van der Waals surface area contributed by atoms with Crippen molar-refractivity contribution < 1.29 is 32.6 Å². The quantitative estimate of drug-likeness (QED) is 0.732. The van der Waals surface area contributed by atoms with E-state index in [1.165, 1.54) is 5.32 Å². The number of amides is 2. The maximum atomic E-state index is 12.7. The number of rotatable bonds is 3. The number of ether oxygens (including phenoxy) is 1. The van der Waals surface area contributed by atoms with Crippen LogP contribution in [-0.4, -0.2) is 47.6 Å². The third-order valence-electron chi connectivity index (χ3n) is 3.21. The summed E-state index contributed by atoms with van der Waals surface area (Å²) in [6, 6.07) is -1.19. The van der Waals surface area contributed by atoms with E-state index in [1.54, 1.807) is 6.92 Å². The average molecular weight is 298 g/mol. The lowest BCUT2D eigenvalue weighted by molar-refractivity contribution is -0.203. The summed E-state index contributed by atoms with van der Waals surface area (Å²) >= 11 is 0. The highest BCUT2D eigenvalue weighted by molar-refractivity contribution is 5.87. The Kier molecular flexibility index (Phi) is 4.52. The van der Waals surface area contributed by atoms with Crippen molar-refractivity contribution in [1.82, 2.24) is 10.6 Å². The van der Waals surface area contributed by atoms with Crippen molar-refractivity contribution in [1.29, 1.82) is 0 Å². The third-order valence-corrected chi connectivity index (χ3v) is 3.21. The molecule has 2 unspecified atom stereocenters. The van der Waals surface area contributed by atoms with Crippen LogP contribution >= 0.6 is 0 Å². The fourth-order valence-corrected chi connectivity index (χ4v) is 1.81. The van der Waals surface area contributed by atoms with Crippen LogP contribution in [0.5, 0.6) is 0 Å². The summed E-state index contributed by atoms with van der Waals surface area (Å²) in [5.41, 5.74) is -4.16. The van der Waals surface area contributed by atoms with Gasteiger partial charge in [0.2, 0.25) is 5.54 Å². The largest absolute Gasteiger partial charge is 0.479 e. The maximum Gasteiger partial charge on any atom is 0.422 e. The minimum atomic E-state index is -5.11. The van der Waals surface area contributed by atoms with E-state index in [1.807, 2.05) is 0 Å². The van der Waals surface area contributed by atoms with Crippen LogP contribution in [0, 0.1) is 0 Å². The SMILES string of the molecule is CC1(NC(=O)NC(C)(C(=O)O)C(F)(F)F)CCCOC1. The summed E-state index contributed by atoms with van der Waals surface area (Å²) in [6.07, 6.45) is -3.91. The lowest BCUT2D eigenvalue weighted by Crippen LogP contribution is -2.66. The van der Waals surface area contributed by atoms with Gasteiger partial charge in [0.05, 0.1) is 12.1 Å². The van der Waals surface area contributed by atoms with Crippen LogP contribution in [0.4, 0.5) is 18.0 Å². The number of carbonyl (C=O) groups excluding carboxylic acids is 1. The number of halogens is 3. The molecule has 1 saturated heterocycles. The molecule has 9 heteroatoms. The number of hydrogen-bond acceptors (Lipinski definition) is 3. The zero-order valence-electron chi connectivity index (χ0n) is 11.1. The van der Waals surface area contributed by atoms with Crippen LogP contribution < -0.4 is 10.6 Å². The van der Waals surface area contributed by atoms with Crippen molar-refractivity contribution in [3.8, 4) is 0 Å². The molecule has 116 valence electrons. The van der Waals surface area contributed by atoms with Gasteiger partial charge in [0.1, 0.15) is 0 Å². The van der Waals surface area contributed by atoms with Crippen molar-refractivity contribution in [2.24, 2.45) is 0 Å². The highest BCUT2D eigenvalue weighted by Crippen LogP contribution is 2.30. The van der Waals surface area contributed by atoms with E-state index in [2.05, 4.69) is 5.32 Å². The summed E-state index contributed by atoms with van der Waals surface area (Å²) in [7, 11) is 0. The summed E-state index contributed by atoms with van der Waals surface area (Å²) in [5.74, 6) is -2.18. The second-order valence-corrected chi connectivity index (χ2v) is 5.22. The van der Waals surface area contributed by atoms with Crippen molar-refractivity contribution in [3.05, 3.63) is 0 Å². The Hall–Kier alpha value is -1.51. The van der Waals surface area contributed by atoms with Gasteiger partial charge in [0.25, 0.3) is 0 Å². The molecule has 0 radical (unpaired) electrons. The van der Waals surface area contributed by atoms with E-state index in [0.29, 0.717) is 26.4 Å². The average Bonchev–Trinajstić information content (AvgIpc) is 2.26. The van der Waals surface area contributed by atoms with Crippen LogP contribution in [-0.2, 0) is 9.53 Å². The first-order valence-corrected chi connectivity index (χ1v) is 5.98. The first kappa shape index (κ1) is 16.5. The van der Waals surface area contributed by atoms with E-state index in [9.17, 15) is 22.8 Å². The molecular weight excluding hydrogens is 281 g/mol. The minimum Gasteiger partial charge on any atom is -0.479 e. The van der Waals surface area contributed by atoms with E-state index in [-0.39, 0.29) is 6.61 Å². The molecular formula is C11H17F3N2O4. The zero-order chi connectivity index (χ0) is 15.6. The molecule has 1 aliphatic heterocycles. The van der Waals surface area contributed by atoms with Gasteiger partial charge in [-0.05, 0) is 26.7 Å². The second kappa shape index (κ2) is 5.47. The molecule has 0 spiro atoms. The van der Waals surface area contributed by atoms with Gasteiger partial charge in [0.15, 0.2) is 0 Å². The molecule has 0 bridgehead atoms. The van der Waals surface area contributed by atoms with Crippen LogP contribution in [0.15, 0.2) is 0 Å². The van der Waals surface area contributed by atoms with Crippen LogP contribution in [0.25, 0.3) is 0 Å². The molecule has 1 heterocycles. The number of nitrogens with one attached hydrogen (secondary N) is 2. The predicted molar refractivity (Wildman–Crippen MR) is 62.2 cm³/mol. The van der Waals surface area contributed by atoms with Crippen molar-refractivity contribution in [2.75, 3.05) is 13.2 Å². The molecule has 2 atom stereocenters. The van der Waals surface area contributed by atoms with Gasteiger partial charge in [-0.2, -0.15) is 13.2 Å². The van der Waals surface area contributed by atoms with E-state index in [0.717, 1.165) is 0 Å². The maximum absolute atomic E-state index is 12.7. The van der Waals surface area contributed by atoms with E-state index >= 15 is 0 Å². The zero-order valence-corrected chi connectivity index (χ0v) is 11.1. The number of hydrogen-bond donors (Lipinski definition) is 3. The highest BCUT2D eigenvalue weighted by Gasteiger charge is 2.58. The van der Waals surface area contributed by atoms with Gasteiger partial charge >= 0.3 is 18.2 Å². The Labute approximate surface area is 113 Å². The minimum absolute atomic E-state index is 0.163. The van der Waals surface area contributed by atoms with Crippen molar-refractivity contribution in [2.45, 2.75) is 43.9 Å². The highest BCUT2D eigenvalue weighted by atomic mass is 19.4. The number of aliphatic carboxylic acids is 1. The lowest BCUT2D eigenvalue weighted by Gasteiger charge is -2.36. The summed E-state index contributed by atoms with van der Waals surface area (Å²) in [4.78, 5) is 22.4. The predicted octanol–water partition coefficient (Wildman–Crippen LogP) is 1.26. The number of carbonyl (C=O) groups is 2. The third kappa shape index (κ3) is 3.53. The molecule has 6 nitrogen and oxygen atoms in total. The normalized spacial score (nSPS) is 26.4. The summed E-state index contributed by atoms with van der Waals surface area (Å²) < 4.78 is 43.4. The molecule has 3 N–H and O–H groups in total. The van der Waals surface area contributed by atoms with Gasteiger partial charge in [-0.1, -0.05) is 0 Å². The van der Waals surface area contributed by atoms with Crippen LogP contribution in [0.2, 0.25) is 0 Å². The number of alkyl halides is 3. The molecule has 0 aromatic heterocycles. The topological polar surface area (TPSA) is 87.7 Å². The van der Waals surface area contributed by atoms with Crippen molar-refractivity contribution >= 4 is 12.0 Å². The van der Waals surface area contributed by atoms with E-state index in [4.69, 9.17) is 9.84 Å². The van der Waals surface area contributed by atoms with Crippen LogP contribution in [0.1, 0.15) is 26.7 Å². The van der Waals surface area contributed by atoms with Gasteiger partial charge in [0, 0.05) is 6.61 Å². The first-order valence-electron chi connectivity index (χ1n) is 5.98. The number of carboxylic acid groups (broad SMARTS) is 1.